The third kappa shape index (κ3) is 6.09. The normalized spacial score (nSPS) is 13.7. The molecule has 1 unspecified atom stereocenters. The van der Waals surface area contributed by atoms with Gasteiger partial charge in [0.15, 0.2) is 0 Å². The summed E-state index contributed by atoms with van der Waals surface area (Å²) < 4.78 is 23.8. The number of phenolic OH excluding ortho intramolecular Hbond substituents is 1. The summed E-state index contributed by atoms with van der Waals surface area (Å²) in [7, 11) is -2.58. The number of hydrogen-bond donors (Lipinski definition) is 2. The van der Waals surface area contributed by atoms with Gasteiger partial charge in [0.2, 0.25) is 0 Å². The Morgan fingerprint density at radius 2 is 1.50 bits per heavy atom. The molecule has 6 nitrogen and oxygen atoms in total. The van der Waals surface area contributed by atoms with Crippen molar-refractivity contribution in [1.82, 2.24) is 15.0 Å². The van der Waals surface area contributed by atoms with Gasteiger partial charge in [0.05, 0.1) is 10.9 Å². The van der Waals surface area contributed by atoms with Gasteiger partial charge in [0.25, 0.3) is 0 Å². The van der Waals surface area contributed by atoms with Crippen LogP contribution in [0.15, 0.2) is 60.7 Å². The molecule has 0 bridgehead atoms. The Bertz CT molecular complexity index is 1580. The van der Waals surface area contributed by atoms with Crippen molar-refractivity contribution in [2.75, 3.05) is 0 Å². The number of hydrogen-bond acceptors (Lipinski definition) is 5. The zero-order valence-corrected chi connectivity index (χ0v) is 25.9. The summed E-state index contributed by atoms with van der Waals surface area (Å²) >= 11 is 0. The second-order valence-electron chi connectivity index (χ2n) is 13.3. The van der Waals surface area contributed by atoms with Crippen molar-refractivity contribution in [2.24, 2.45) is 5.41 Å². The maximum atomic E-state index is 11.9. The van der Waals surface area contributed by atoms with Gasteiger partial charge in [-0.05, 0) is 70.7 Å². The molecule has 1 atom stereocenters. The maximum Gasteiger partial charge on any atom is 0.147 e. The SMILES string of the molecule is CCCC(c1ccc2nn(-c3ccc(C(C)(C)c4ccccc4O)c(C(C)(C)CC(C)(C)C)c3)nc2c1)[SH](=O)=O. The summed E-state index contributed by atoms with van der Waals surface area (Å²) in [6.45, 7) is 17.6. The topological polar surface area (TPSA) is 85.1 Å². The van der Waals surface area contributed by atoms with E-state index in [0.29, 0.717) is 17.5 Å². The lowest BCUT2D eigenvalue weighted by molar-refractivity contribution is 0.281. The van der Waals surface area contributed by atoms with Crippen LogP contribution in [0.1, 0.15) is 102 Å². The largest absolute Gasteiger partial charge is 0.508 e. The number of benzene rings is 3. The highest BCUT2D eigenvalue weighted by molar-refractivity contribution is 7.72. The van der Waals surface area contributed by atoms with E-state index in [9.17, 15) is 13.5 Å². The van der Waals surface area contributed by atoms with Gasteiger partial charge in [-0.2, -0.15) is 4.80 Å². The van der Waals surface area contributed by atoms with Crippen molar-refractivity contribution in [3.8, 4) is 11.4 Å². The van der Waals surface area contributed by atoms with E-state index in [1.807, 2.05) is 49.4 Å². The number of thiol groups is 1. The third-order valence-electron chi connectivity index (χ3n) is 7.79. The molecule has 214 valence electrons. The molecule has 4 rings (SSSR count). The molecule has 7 heteroatoms. The van der Waals surface area contributed by atoms with Crippen LogP contribution in [0, 0.1) is 5.41 Å². The van der Waals surface area contributed by atoms with Gasteiger partial charge < -0.3 is 5.11 Å². The minimum absolute atomic E-state index is 0.0996. The van der Waals surface area contributed by atoms with Crippen LogP contribution in [-0.4, -0.2) is 28.5 Å². The Hall–Kier alpha value is -3.19. The lowest BCUT2D eigenvalue weighted by atomic mass is 9.66. The van der Waals surface area contributed by atoms with E-state index in [0.717, 1.165) is 35.2 Å². The molecule has 0 saturated carbocycles. The summed E-state index contributed by atoms with van der Waals surface area (Å²) in [4.78, 5) is 1.65. The van der Waals surface area contributed by atoms with Crippen molar-refractivity contribution in [2.45, 2.75) is 90.7 Å². The molecule has 0 spiro atoms. The number of rotatable bonds is 9. The van der Waals surface area contributed by atoms with Crippen LogP contribution in [0.2, 0.25) is 0 Å². The lowest BCUT2D eigenvalue weighted by Crippen LogP contribution is -2.30. The fourth-order valence-electron chi connectivity index (χ4n) is 6.25. The van der Waals surface area contributed by atoms with E-state index >= 15 is 0 Å². The number of aromatic hydroxyl groups is 1. The molecule has 1 aromatic heterocycles. The van der Waals surface area contributed by atoms with Crippen LogP contribution >= 0.6 is 0 Å². The van der Waals surface area contributed by atoms with Crippen LogP contribution in [-0.2, 0) is 21.5 Å². The van der Waals surface area contributed by atoms with Gasteiger partial charge in [-0.1, -0.05) is 92.1 Å². The van der Waals surface area contributed by atoms with Crippen molar-refractivity contribution in [3.63, 3.8) is 0 Å². The molecule has 4 aromatic rings. The molecule has 0 aliphatic rings. The molecule has 0 radical (unpaired) electrons. The molecular formula is C33H43N3O3S. The van der Waals surface area contributed by atoms with Gasteiger partial charge in [0.1, 0.15) is 27.5 Å². The Kier molecular flexibility index (Phi) is 8.19. The molecule has 1 heterocycles. The highest BCUT2D eigenvalue weighted by atomic mass is 32.2. The van der Waals surface area contributed by atoms with Crippen LogP contribution in [0.3, 0.4) is 0 Å². The number of aromatic nitrogens is 3. The quantitative estimate of drug-likeness (QED) is 0.205. The van der Waals surface area contributed by atoms with Gasteiger partial charge in [-0.3, -0.25) is 0 Å². The van der Waals surface area contributed by atoms with Crippen LogP contribution in [0.4, 0.5) is 0 Å². The highest BCUT2D eigenvalue weighted by Crippen LogP contribution is 2.45. The molecule has 0 amide bonds. The van der Waals surface area contributed by atoms with Gasteiger partial charge in [0, 0.05) is 11.0 Å². The Labute approximate surface area is 240 Å². The number of phenols is 1. The zero-order valence-electron chi connectivity index (χ0n) is 25.0. The number of fused-ring (bicyclic) bond motifs is 1. The van der Waals surface area contributed by atoms with Gasteiger partial charge in [-0.15, -0.1) is 10.2 Å². The Balaban J connectivity index is 1.87. The average molecular weight is 562 g/mol. The predicted molar refractivity (Wildman–Crippen MR) is 164 cm³/mol. The minimum atomic E-state index is -2.58. The predicted octanol–water partition coefficient (Wildman–Crippen LogP) is 7.62. The molecule has 0 aliphatic heterocycles. The van der Waals surface area contributed by atoms with Crippen molar-refractivity contribution >= 4 is 21.7 Å². The van der Waals surface area contributed by atoms with Crippen molar-refractivity contribution in [3.05, 3.63) is 82.9 Å². The highest BCUT2D eigenvalue weighted by Gasteiger charge is 2.36. The first-order chi connectivity index (χ1) is 18.6. The Morgan fingerprint density at radius 3 is 2.12 bits per heavy atom. The average Bonchev–Trinajstić information content (AvgIpc) is 3.29. The molecule has 0 aliphatic carbocycles. The molecule has 40 heavy (non-hydrogen) atoms. The van der Waals surface area contributed by atoms with E-state index < -0.39 is 21.4 Å². The van der Waals surface area contributed by atoms with Gasteiger partial charge >= 0.3 is 0 Å². The summed E-state index contributed by atoms with van der Waals surface area (Å²) in [6, 6.07) is 19.5. The third-order valence-corrected chi connectivity index (χ3v) is 8.86. The van der Waals surface area contributed by atoms with Crippen molar-refractivity contribution in [1.29, 1.82) is 0 Å². The van der Waals surface area contributed by atoms with E-state index in [2.05, 4.69) is 60.6 Å². The lowest BCUT2D eigenvalue weighted by Gasteiger charge is -2.38. The summed E-state index contributed by atoms with van der Waals surface area (Å²) in [5.41, 5.74) is 5.66. The molecule has 1 N–H and O–H groups in total. The zero-order chi connectivity index (χ0) is 29.5. The number of para-hydroxylation sites is 1. The first-order valence-corrected chi connectivity index (χ1v) is 15.3. The molecule has 0 saturated heterocycles. The van der Waals surface area contributed by atoms with E-state index in [-0.39, 0.29) is 16.6 Å². The maximum absolute atomic E-state index is 11.9. The minimum Gasteiger partial charge on any atom is -0.508 e. The first kappa shape index (κ1) is 29.8. The smallest absolute Gasteiger partial charge is 0.147 e. The molecular weight excluding hydrogens is 518 g/mol. The summed E-state index contributed by atoms with van der Waals surface area (Å²) in [5, 5.41) is 19.8. The van der Waals surface area contributed by atoms with E-state index in [1.54, 1.807) is 10.9 Å². The first-order valence-electron chi connectivity index (χ1n) is 14.1. The standard InChI is InChI=1S/C33H43N3O3S/c1-9-12-30(40(38)39)22-15-18-27-28(19-22)35-36(34-27)23-16-17-24(26(20-23)32(5,6)21-31(2,3)4)33(7,8)25-13-10-11-14-29(25)37/h10-11,13-20,30,37,40H,9,12,21H2,1-8H3. The Morgan fingerprint density at radius 1 is 0.825 bits per heavy atom. The van der Waals surface area contributed by atoms with Crippen LogP contribution in [0.25, 0.3) is 16.7 Å². The monoisotopic (exact) mass is 561 g/mol. The van der Waals surface area contributed by atoms with Crippen LogP contribution in [0.5, 0.6) is 5.75 Å². The molecule has 3 aromatic carbocycles. The fourth-order valence-corrected chi connectivity index (χ4v) is 7.12. The van der Waals surface area contributed by atoms with Gasteiger partial charge in [-0.25, -0.2) is 8.42 Å². The molecule has 0 fully saturated rings. The second kappa shape index (κ2) is 11.0. The summed E-state index contributed by atoms with van der Waals surface area (Å²) in [6.07, 6.45) is 2.32. The second-order valence-corrected chi connectivity index (χ2v) is 14.5. The van der Waals surface area contributed by atoms with Crippen molar-refractivity contribution < 1.29 is 13.5 Å². The fraction of sp³-hybridized carbons (Fsp3) is 0.455. The number of nitrogens with zero attached hydrogens (tertiary/aromatic N) is 3. The van der Waals surface area contributed by atoms with E-state index in [4.69, 9.17) is 10.2 Å². The van der Waals surface area contributed by atoms with E-state index in [1.165, 1.54) is 5.56 Å². The van der Waals surface area contributed by atoms with Crippen LogP contribution < -0.4 is 0 Å². The summed E-state index contributed by atoms with van der Waals surface area (Å²) in [5.74, 6) is 0.285.